The zero-order valence-corrected chi connectivity index (χ0v) is 10.2. The van der Waals surface area contributed by atoms with Crippen molar-refractivity contribution in [2.45, 2.75) is 20.0 Å². The summed E-state index contributed by atoms with van der Waals surface area (Å²) >= 11 is 0. The minimum absolute atomic E-state index is 0.0836. The van der Waals surface area contributed by atoms with Gasteiger partial charge in [-0.25, -0.2) is 0 Å². The second-order valence-electron chi connectivity index (χ2n) is 5.36. The van der Waals surface area contributed by atoms with E-state index in [1.54, 1.807) is 0 Å². The minimum atomic E-state index is -4.40. The third kappa shape index (κ3) is 2.28. The van der Waals surface area contributed by atoms with E-state index in [2.05, 4.69) is 13.8 Å². The maximum atomic E-state index is 12.5. The van der Waals surface area contributed by atoms with Gasteiger partial charge in [0.05, 0.1) is 16.8 Å². The van der Waals surface area contributed by atoms with E-state index < -0.39 is 11.7 Å². The van der Waals surface area contributed by atoms with Crippen LogP contribution < -0.4 is 4.90 Å². The third-order valence-electron chi connectivity index (χ3n) is 3.02. The smallest absolute Gasteiger partial charge is 0.369 e. The van der Waals surface area contributed by atoms with Crippen molar-refractivity contribution in [1.29, 1.82) is 5.26 Å². The molecule has 1 fully saturated rings. The predicted molar refractivity (Wildman–Crippen MR) is 62.2 cm³/mol. The monoisotopic (exact) mass is 254 g/mol. The number of alkyl halides is 3. The van der Waals surface area contributed by atoms with E-state index in [0.29, 0.717) is 5.69 Å². The van der Waals surface area contributed by atoms with Crippen LogP contribution in [0, 0.1) is 16.7 Å². The summed E-state index contributed by atoms with van der Waals surface area (Å²) in [5, 5.41) is 8.96. The quantitative estimate of drug-likeness (QED) is 0.767. The largest absolute Gasteiger partial charge is 0.416 e. The Labute approximate surface area is 104 Å². The first-order chi connectivity index (χ1) is 8.23. The van der Waals surface area contributed by atoms with Gasteiger partial charge >= 0.3 is 6.18 Å². The van der Waals surface area contributed by atoms with E-state index >= 15 is 0 Å². The number of halogens is 3. The van der Waals surface area contributed by atoms with Crippen LogP contribution in [0.25, 0.3) is 0 Å². The fraction of sp³-hybridized carbons (Fsp3) is 0.462. The highest BCUT2D eigenvalue weighted by Gasteiger charge is 2.36. The second kappa shape index (κ2) is 3.91. The Morgan fingerprint density at radius 2 is 1.89 bits per heavy atom. The lowest BCUT2D eigenvalue weighted by molar-refractivity contribution is -0.137. The van der Waals surface area contributed by atoms with Crippen molar-refractivity contribution in [3.8, 4) is 6.07 Å². The molecule has 0 amide bonds. The molecular weight excluding hydrogens is 241 g/mol. The molecule has 0 radical (unpaired) electrons. The molecule has 2 rings (SSSR count). The maximum absolute atomic E-state index is 12.5. The van der Waals surface area contributed by atoms with Crippen LogP contribution in [0.1, 0.15) is 25.0 Å². The van der Waals surface area contributed by atoms with Crippen molar-refractivity contribution in [1.82, 2.24) is 0 Å². The Morgan fingerprint density at radius 3 is 2.33 bits per heavy atom. The predicted octanol–water partition coefficient (Wildman–Crippen LogP) is 3.42. The molecule has 1 aromatic carbocycles. The summed E-state index contributed by atoms with van der Waals surface area (Å²) in [6.45, 7) is 5.68. The second-order valence-corrected chi connectivity index (χ2v) is 5.36. The zero-order valence-electron chi connectivity index (χ0n) is 10.2. The molecule has 0 aromatic heterocycles. The van der Waals surface area contributed by atoms with Gasteiger partial charge in [-0.2, -0.15) is 18.4 Å². The molecule has 0 N–H and O–H groups in total. The first-order valence-corrected chi connectivity index (χ1v) is 5.59. The normalized spacial score (nSPS) is 18.1. The summed E-state index contributed by atoms with van der Waals surface area (Å²) in [7, 11) is 0. The van der Waals surface area contributed by atoms with Crippen molar-refractivity contribution in [3.05, 3.63) is 29.3 Å². The van der Waals surface area contributed by atoms with Gasteiger partial charge in [-0.3, -0.25) is 0 Å². The maximum Gasteiger partial charge on any atom is 0.416 e. The Bertz CT molecular complexity index is 504. The molecule has 18 heavy (non-hydrogen) atoms. The lowest BCUT2D eigenvalue weighted by atomic mass is 9.83. The molecule has 2 nitrogen and oxygen atoms in total. The Hall–Kier alpha value is -1.70. The number of nitrogens with zero attached hydrogens (tertiary/aromatic N) is 2. The SMILES string of the molecule is CC1(C)CN(c2ccc(C(F)(F)F)cc2C#N)C1. The Morgan fingerprint density at radius 1 is 1.28 bits per heavy atom. The summed E-state index contributed by atoms with van der Waals surface area (Å²) in [5.41, 5.74) is 0.0582. The highest BCUT2D eigenvalue weighted by atomic mass is 19.4. The van der Waals surface area contributed by atoms with Gasteiger partial charge in [0.15, 0.2) is 0 Å². The molecule has 0 saturated carbocycles. The first-order valence-electron chi connectivity index (χ1n) is 5.59. The van der Waals surface area contributed by atoms with Gasteiger partial charge in [0.1, 0.15) is 6.07 Å². The molecule has 1 aliphatic heterocycles. The standard InChI is InChI=1S/C13H13F3N2/c1-12(2)7-18(8-12)11-4-3-10(13(14,15)16)5-9(11)6-17/h3-5H,7-8H2,1-2H3. The fourth-order valence-electron chi connectivity index (χ4n) is 2.24. The van der Waals surface area contributed by atoms with Gasteiger partial charge in [-0.05, 0) is 23.6 Å². The van der Waals surface area contributed by atoms with Crippen molar-refractivity contribution in [2.24, 2.45) is 5.41 Å². The molecule has 0 aliphatic carbocycles. The molecule has 1 aromatic rings. The highest BCUT2D eigenvalue weighted by molar-refractivity contribution is 5.62. The molecule has 1 saturated heterocycles. The van der Waals surface area contributed by atoms with E-state index in [-0.39, 0.29) is 11.0 Å². The van der Waals surface area contributed by atoms with Crippen LogP contribution in [0.4, 0.5) is 18.9 Å². The first kappa shape index (κ1) is 12.7. The lowest BCUT2D eigenvalue weighted by Gasteiger charge is -2.47. The minimum Gasteiger partial charge on any atom is -0.369 e. The fourth-order valence-corrected chi connectivity index (χ4v) is 2.24. The average Bonchev–Trinajstić information content (AvgIpc) is 2.23. The molecule has 0 spiro atoms. The Balaban J connectivity index is 2.32. The zero-order chi connectivity index (χ0) is 13.6. The molecule has 96 valence electrons. The van der Waals surface area contributed by atoms with Crippen LogP contribution in [0.15, 0.2) is 18.2 Å². The van der Waals surface area contributed by atoms with E-state index in [0.717, 1.165) is 25.2 Å². The van der Waals surface area contributed by atoms with Crippen molar-refractivity contribution in [3.63, 3.8) is 0 Å². The van der Waals surface area contributed by atoms with Gasteiger partial charge in [0, 0.05) is 13.1 Å². The van der Waals surface area contributed by atoms with E-state index in [1.165, 1.54) is 6.07 Å². The van der Waals surface area contributed by atoms with Crippen LogP contribution in [0.5, 0.6) is 0 Å². The molecular formula is C13H13F3N2. The van der Waals surface area contributed by atoms with Crippen LogP contribution in [-0.4, -0.2) is 13.1 Å². The number of hydrogen-bond donors (Lipinski definition) is 0. The van der Waals surface area contributed by atoms with Gasteiger partial charge < -0.3 is 4.90 Å². The lowest BCUT2D eigenvalue weighted by Crippen LogP contribution is -2.53. The topological polar surface area (TPSA) is 27.0 Å². The van der Waals surface area contributed by atoms with E-state index in [1.807, 2.05) is 11.0 Å². The summed E-state index contributed by atoms with van der Waals surface area (Å²) in [5.74, 6) is 0. The van der Waals surface area contributed by atoms with Crippen LogP contribution in [-0.2, 0) is 6.18 Å². The van der Waals surface area contributed by atoms with Gasteiger partial charge in [0.25, 0.3) is 0 Å². The van der Waals surface area contributed by atoms with Gasteiger partial charge in [-0.15, -0.1) is 0 Å². The van der Waals surface area contributed by atoms with Crippen LogP contribution >= 0.6 is 0 Å². The summed E-state index contributed by atoms with van der Waals surface area (Å²) in [6, 6.07) is 5.17. The summed E-state index contributed by atoms with van der Waals surface area (Å²) in [6.07, 6.45) is -4.40. The van der Waals surface area contributed by atoms with Crippen LogP contribution in [0.3, 0.4) is 0 Å². The number of rotatable bonds is 1. The average molecular weight is 254 g/mol. The van der Waals surface area contributed by atoms with Crippen LogP contribution in [0.2, 0.25) is 0 Å². The molecule has 1 heterocycles. The highest BCUT2D eigenvalue weighted by Crippen LogP contribution is 2.37. The number of hydrogen-bond acceptors (Lipinski definition) is 2. The van der Waals surface area contributed by atoms with Gasteiger partial charge in [-0.1, -0.05) is 13.8 Å². The molecule has 1 aliphatic rings. The number of nitriles is 1. The Kier molecular flexibility index (Phi) is 2.77. The summed E-state index contributed by atoms with van der Waals surface area (Å²) < 4.78 is 37.6. The third-order valence-corrected chi connectivity index (χ3v) is 3.02. The summed E-state index contributed by atoms with van der Waals surface area (Å²) in [4.78, 5) is 1.93. The molecule has 0 atom stereocenters. The van der Waals surface area contributed by atoms with Crippen molar-refractivity contribution in [2.75, 3.05) is 18.0 Å². The molecule has 0 bridgehead atoms. The van der Waals surface area contributed by atoms with Crippen molar-refractivity contribution >= 4 is 5.69 Å². The number of benzene rings is 1. The number of anilines is 1. The molecule has 5 heteroatoms. The van der Waals surface area contributed by atoms with Crippen molar-refractivity contribution < 1.29 is 13.2 Å². The van der Waals surface area contributed by atoms with E-state index in [9.17, 15) is 13.2 Å². The van der Waals surface area contributed by atoms with E-state index in [4.69, 9.17) is 5.26 Å². The van der Waals surface area contributed by atoms with Gasteiger partial charge in [0.2, 0.25) is 0 Å². The molecule has 0 unspecified atom stereocenters.